The molecule has 0 unspecified atom stereocenters. The minimum Gasteiger partial charge on any atom is -0.288 e. The minimum absolute atomic E-state index is 0.335. The lowest BCUT2D eigenvalue weighted by Crippen LogP contribution is -2.22. The molecule has 0 bridgehead atoms. The average Bonchev–Trinajstić information content (AvgIpc) is 2.75. The number of carbonyl (C=O) groups excluding carboxylic acids is 2. The molecular formula is C17H13NO2. The third kappa shape index (κ3) is 2.03. The fourth-order valence-corrected chi connectivity index (χ4v) is 2.33. The van der Waals surface area contributed by atoms with Crippen molar-refractivity contribution in [2.24, 2.45) is 0 Å². The van der Waals surface area contributed by atoms with Crippen molar-refractivity contribution in [3.63, 3.8) is 0 Å². The van der Waals surface area contributed by atoms with Gasteiger partial charge in [0.05, 0.1) is 11.1 Å². The van der Waals surface area contributed by atoms with Gasteiger partial charge < -0.3 is 0 Å². The molecule has 3 rings (SSSR count). The lowest BCUT2D eigenvalue weighted by atomic mass is 9.96. The van der Waals surface area contributed by atoms with E-state index in [0.717, 1.165) is 16.7 Å². The molecule has 0 spiro atoms. The molecule has 1 heterocycles. The Morgan fingerprint density at radius 3 is 1.75 bits per heavy atom. The van der Waals surface area contributed by atoms with Crippen molar-refractivity contribution in [1.82, 2.24) is 5.32 Å². The number of aryl methyl sites for hydroxylation is 1. The van der Waals surface area contributed by atoms with Crippen LogP contribution in [0, 0.1) is 6.92 Å². The van der Waals surface area contributed by atoms with Crippen LogP contribution in [0.4, 0.5) is 0 Å². The summed E-state index contributed by atoms with van der Waals surface area (Å²) in [7, 11) is 0. The van der Waals surface area contributed by atoms with Crippen LogP contribution in [0.2, 0.25) is 0 Å². The SMILES string of the molecule is Cc1ccc(C2=C(c3ccccc3)C(=O)NC2=O)cc1. The van der Waals surface area contributed by atoms with Crippen LogP contribution in [0.3, 0.4) is 0 Å². The summed E-state index contributed by atoms with van der Waals surface area (Å²) >= 11 is 0. The van der Waals surface area contributed by atoms with E-state index in [4.69, 9.17) is 0 Å². The Morgan fingerprint density at radius 1 is 0.700 bits per heavy atom. The van der Waals surface area contributed by atoms with Gasteiger partial charge in [0.2, 0.25) is 0 Å². The van der Waals surface area contributed by atoms with E-state index in [-0.39, 0.29) is 11.8 Å². The van der Waals surface area contributed by atoms with Gasteiger partial charge in [-0.2, -0.15) is 0 Å². The van der Waals surface area contributed by atoms with Gasteiger partial charge in [0, 0.05) is 0 Å². The fraction of sp³-hybridized carbons (Fsp3) is 0.0588. The smallest absolute Gasteiger partial charge is 0.259 e. The normalized spacial score (nSPS) is 14.7. The van der Waals surface area contributed by atoms with Gasteiger partial charge in [0.1, 0.15) is 0 Å². The summed E-state index contributed by atoms with van der Waals surface area (Å²) in [6.07, 6.45) is 0. The van der Waals surface area contributed by atoms with E-state index in [9.17, 15) is 9.59 Å². The first-order valence-corrected chi connectivity index (χ1v) is 6.39. The molecule has 0 atom stereocenters. The van der Waals surface area contributed by atoms with Crippen molar-refractivity contribution in [3.8, 4) is 0 Å². The number of imide groups is 1. The molecule has 2 amide bonds. The van der Waals surface area contributed by atoms with Gasteiger partial charge in [-0.1, -0.05) is 60.2 Å². The summed E-state index contributed by atoms with van der Waals surface area (Å²) < 4.78 is 0. The van der Waals surface area contributed by atoms with E-state index in [0.29, 0.717) is 11.1 Å². The minimum atomic E-state index is -0.336. The zero-order valence-corrected chi connectivity index (χ0v) is 11.0. The molecular weight excluding hydrogens is 250 g/mol. The molecule has 0 aliphatic carbocycles. The lowest BCUT2D eigenvalue weighted by Gasteiger charge is -2.05. The predicted octanol–water partition coefficient (Wildman–Crippen LogP) is 2.56. The van der Waals surface area contributed by atoms with Crippen molar-refractivity contribution >= 4 is 23.0 Å². The van der Waals surface area contributed by atoms with Crippen molar-refractivity contribution in [1.29, 1.82) is 0 Å². The molecule has 1 aliphatic heterocycles. The van der Waals surface area contributed by atoms with E-state index in [2.05, 4.69) is 5.32 Å². The predicted molar refractivity (Wildman–Crippen MR) is 77.6 cm³/mol. The number of nitrogens with one attached hydrogen (secondary N) is 1. The summed E-state index contributed by atoms with van der Waals surface area (Å²) in [5.74, 6) is -0.672. The maximum absolute atomic E-state index is 12.1. The third-order valence-corrected chi connectivity index (χ3v) is 3.33. The quantitative estimate of drug-likeness (QED) is 0.846. The molecule has 0 radical (unpaired) electrons. The highest BCUT2D eigenvalue weighted by Crippen LogP contribution is 2.30. The van der Waals surface area contributed by atoms with Crippen LogP contribution in [-0.4, -0.2) is 11.8 Å². The number of amides is 2. The molecule has 2 aromatic rings. The number of benzene rings is 2. The van der Waals surface area contributed by atoms with Crippen LogP contribution in [0.25, 0.3) is 11.1 Å². The summed E-state index contributed by atoms with van der Waals surface area (Å²) in [6.45, 7) is 1.98. The zero-order valence-electron chi connectivity index (χ0n) is 11.0. The van der Waals surface area contributed by atoms with Crippen molar-refractivity contribution in [2.45, 2.75) is 6.92 Å². The number of rotatable bonds is 2. The van der Waals surface area contributed by atoms with Crippen LogP contribution < -0.4 is 5.32 Å². The van der Waals surface area contributed by atoms with Gasteiger partial charge in [-0.25, -0.2) is 0 Å². The molecule has 0 fully saturated rings. The van der Waals surface area contributed by atoms with Gasteiger partial charge in [-0.15, -0.1) is 0 Å². The van der Waals surface area contributed by atoms with Gasteiger partial charge >= 0.3 is 0 Å². The molecule has 20 heavy (non-hydrogen) atoms. The van der Waals surface area contributed by atoms with E-state index < -0.39 is 0 Å². The highest BCUT2D eigenvalue weighted by Gasteiger charge is 2.31. The highest BCUT2D eigenvalue weighted by molar-refractivity contribution is 6.49. The van der Waals surface area contributed by atoms with Crippen LogP contribution in [0.15, 0.2) is 54.6 Å². The summed E-state index contributed by atoms with van der Waals surface area (Å²) in [4.78, 5) is 24.1. The number of carbonyl (C=O) groups is 2. The first-order valence-electron chi connectivity index (χ1n) is 6.39. The van der Waals surface area contributed by atoms with Gasteiger partial charge in [-0.05, 0) is 18.1 Å². The molecule has 98 valence electrons. The number of hydrogen-bond acceptors (Lipinski definition) is 2. The molecule has 0 saturated heterocycles. The topological polar surface area (TPSA) is 46.2 Å². The van der Waals surface area contributed by atoms with Crippen LogP contribution in [-0.2, 0) is 9.59 Å². The van der Waals surface area contributed by atoms with E-state index >= 15 is 0 Å². The number of hydrogen-bond donors (Lipinski definition) is 1. The van der Waals surface area contributed by atoms with Gasteiger partial charge in [-0.3, -0.25) is 14.9 Å². The van der Waals surface area contributed by atoms with Crippen molar-refractivity contribution in [2.75, 3.05) is 0 Å². The summed E-state index contributed by atoms with van der Waals surface area (Å²) in [5, 5.41) is 2.38. The van der Waals surface area contributed by atoms with Crippen molar-refractivity contribution in [3.05, 3.63) is 71.3 Å². The summed E-state index contributed by atoms with van der Waals surface area (Å²) in [6, 6.07) is 16.9. The monoisotopic (exact) mass is 263 g/mol. The molecule has 0 aromatic heterocycles. The van der Waals surface area contributed by atoms with Gasteiger partial charge in [0.15, 0.2) is 0 Å². The van der Waals surface area contributed by atoms with E-state index in [1.807, 2.05) is 61.5 Å². The second-order valence-corrected chi connectivity index (χ2v) is 4.77. The summed E-state index contributed by atoms with van der Waals surface area (Å²) in [5.41, 5.74) is 3.52. The Bertz CT molecular complexity index is 712. The molecule has 1 N–H and O–H groups in total. The maximum Gasteiger partial charge on any atom is 0.259 e. The molecule has 0 saturated carbocycles. The van der Waals surface area contributed by atoms with Crippen LogP contribution in [0.5, 0.6) is 0 Å². The fourth-order valence-electron chi connectivity index (χ4n) is 2.33. The first kappa shape index (κ1) is 12.4. The molecule has 2 aromatic carbocycles. The zero-order chi connectivity index (χ0) is 14.1. The van der Waals surface area contributed by atoms with Crippen molar-refractivity contribution < 1.29 is 9.59 Å². The molecule has 1 aliphatic rings. The Balaban J connectivity index is 2.21. The maximum atomic E-state index is 12.1. The lowest BCUT2D eigenvalue weighted by molar-refractivity contribution is -0.122. The third-order valence-electron chi connectivity index (χ3n) is 3.33. The average molecular weight is 263 g/mol. The second-order valence-electron chi connectivity index (χ2n) is 4.77. The van der Waals surface area contributed by atoms with E-state index in [1.54, 1.807) is 0 Å². The second kappa shape index (κ2) is 4.78. The highest BCUT2D eigenvalue weighted by atomic mass is 16.2. The largest absolute Gasteiger partial charge is 0.288 e. The Hall–Kier alpha value is -2.68. The Labute approximate surface area is 116 Å². The van der Waals surface area contributed by atoms with Gasteiger partial charge in [0.25, 0.3) is 11.8 Å². The molecule has 3 nitrogen and oxygen atoms in total. The Kier molecular flexibility index (Phi) is 2.95. The first-order chi connectivity index (χ1) is 9.66. The Morgan fingerprint density at radius 2 is 1.20 bits per heavy atom. The van der Waals surface area contributed by atoms with Crippen LogP contribution >= 0.6 is 0 Å². The molecule has 3 heteroatoms. The standard InChI is InChI=1S/C17H13NO2/c1-11-7-9-13(10-8-11)15-14(16(19)18-17(15)20)12-5-3-2-4-6-12/h2-10H,1H3,(H,18,19,20). The van der Waals surface area contributed by atoms with E-state index in [1.165, 1.54) is 0 Å². The van der Waals surface area contributed by atoms with Crippen LogP contribution in [0.1, 0.15) is 16.7 Å².